The normalized spacial score (nSPS) is 11.7. The molecule has 0 aliphatic heterocycles. The third-order valence-electron chi connectivity index (χ3n) is 13.6. The molecule has 0 rings (SSSR count). The molecule has 520 valence electrons. The van der Waals surface area contributed by atoms with Crippen LogP contribution in [0.4, 0.5) is 0 Å². The maximum absolute atomic E-state index is 10.2. The first-order valence-electron chi connectivity index (χ1n) is 33.4. The summed E-state index contributed by atoms with van der Waals surface area (Å²) in [5.74, 6) is 0. The van der Waals surface area contributed by atoms with Crippen molar-refractivity contribution in [2.75, 3.05) is 33.0 Å². The number of unbranched alkanes of at least 4 members (excludes halogenated alkanes) is 45. The van der Waals surface area contributed by atoms with Crippen LogP contribution in [0.2, 0.25) is 0 Å². The van der Waals surface area contributed by atoms with Gasteiger partial charge >= 0.3 is 71.2 Å². The second-order valence-corrected chi connectivity index (χ2v) is 27.6. The van der Waals surface area contributed by atoms with Gasteiger partial charge in [0.2, 0.25) is 10.4 Å². The van der Waals surface area contributed by atoms with Crippen LogP contribution in [-0.2, 0) is 72.9 Å². The Morgan fingerprint density at radius 2 is 0.314 bits per heavy atom. The average molecular weight is 1350 g/mol. The minimum Gasteiger partial charge on any atom is -0.726 e. The Morgan fingerprint density at radius 1 is 0.209 bits per heavy atom. The average Bonchev–Trinajstić information content (AvgIpc) is 3.41. The summed E-state index contributed by atoms with van der Waals surface area (Å²) in [6.07, 6.45) is 59.1. The van der Waals surface area contributed by atoms with E-state index in [2.05, 4.69) is 55.5 Å². The molecule has 0 amide bonds. The smallest absolute Gasteiger partial charge is 0.726 e. The van der Waals surface area contributed by atoms with Crippen LogP contribution >= 0.6 is 0 Å². The first kappa shape index (κ1) is 97.4. The van der Waals surface area contributed by atoms with Crippen molar-refractivity contribution in [3.05, 3.63) is 0 Å². The number of hydrogen-bond donors (Lipinski definition) is 4. The number of rotatable bonds is 60. The summed E-state index contributed by atoms with van der Waals surface area (Å²) in [5.41, 5.74) is 0. The molecule has 0 radical (unpaired) electrons. The zero-order chi connectivity index (χ0) is 64.9. The summed E-state index contributed by atoms with van der Waals surface area (Å²) >= 11 is 0. The van der Waals surface area contributed by atoms with Crippen molar-refractivity contribution in [1.82, 2.24) is 0 Å². The van der Waals surface area contributed by atoms with E-state index in [-0.39, 0.29) is 62.6 Å². The summed E-state index contributed by atoms with van der Waals surface area (Å²) in [7, 11) is -21.4. The molecule has 0 aromatic heterocycles. The Kier molecular flexibility index (Phi) is 84.3. The molecule has 0 unspecified atom stereocenters. The van der Waals surface area contributed by atoms with Crippen LogP contribution in [0, 0.1) is 0 Å². The molecule has 26 heteroatoms. The molecule has 0 spiro atoms. The molecular weight excluding hydrogens is 1220 g/mol. The Labute approximate surface area is 551 Å². The SMILES string of the molecule is CCCCCCCCCCCCOS(=O)(=O)O.CCCCCCCCCCCCOS(=O)(=O)O.CCCCCCCCCCCCOS(=O)(=O)O.CCCCCCCCCCCCOS(=O)(=O)O.CCCCCCCCCCCCOS(=O)(=O)[O-].[Na+]. The van der Waals surface area contributed by atoms with Crippen molar-refractivity contribution in [2.24, 2.45) is 0 Å². The minimum atomic E-state index is -4.48. The summed E-state index contributed by atoms with van der Waals surface area (Å²) in [6, 6.07) is 0. The van der Waals surface area contributed by atoms with E-state index in [4.69, 9.17) is 18.2 Å². The third-order valence-corrected chi connectivity index (χ3v) is 16.0. The standard InChI is InChI=1S/5C12H26O4S.Na/c5*1-2-3-4-5-6-7-8-9-10-11-12-16-17(13,14)15;/h5*2-12H2,1H3,(H,13,14,15);/q;;;;;+1/p-1. The Hall–Kier alpha value is 0.350. The van der Waals surface area contributed by atoms with Gasteiger partial charge in [-0.1, -0.05) is 324 Å². The molecule has 20 nitrogen and oxygen atoms in total. The van der Waals surface area contributed by atoms with Gasteiger partial charge in [0.25, 0.3) is 0 Å². The van der Waals surface area contributed by atoms with E-state index < -0.39 is 52.0 Å². The maximum Gasteiger partial charge on any atom is 1.00 e. The quantitative estimate of drug-likeness (QED) is 0.0190. The van der Waals surface area contributed by atoms with E-state index in [9.17, 15) is 46.6 Å². The van der Waals surface area contributed by atoms with E-state index >= 15 is 0 Å². The number of hydrogen-bond acceptors (Lipinski definition) is 16. The predicted molar refractivity (Wildman–Crippen MR) is 345 cm³/mol. The molecule has 0 aromatic rings. The van der Waals surface area contributed by atoms with Crippen LogP contribution < -0.4 is 29.6 Å². The molecule has 0 bridgehead atoms. The van der Waals surface area contributed by atoms with Gasteiger partial charge in [0, 0.05) is 0 Å². The molecular formula is C60H129NaO20S5. The van der Waals surface area contributed by atoms with Crippen LogP contribution in [-0.4, -0.2) is 97.9 Å². The Morgan fingerprint density at radius 3 is 0.419 bits per heavy atom. The van der Waals surface area contributed by atoms with Crippen molar-refractivity contribution in [1.29, 1.82) is 0 Å². The van der Waals surface area contributed by atoms with Crippen LogP contribution in [0.15, 0.2) is 0 Å². The third kappa shape index (κ3) is 118. The van der Waals surface area contributed by atoms with Gasteiger partial charge in [-0.3, -0.25) is 22.4 Å². The van der Waals surface area contributed by atoms with Crippen molar-refractivity contribution >= 4 is 52.0 Å². The molecule has 0 aromatic carbocycles. The second-order valence-electron chi connectivity index (χ2n) is 22.1. The predicted octanol–water partition coefficient (Wildman–Crippen LogP) is 15.3. The fourth-order valence-electron chi connectivity index (χ4n) is 8.77. The molecule has 0 saturated carbocycles. The van der Waals surface area contributed by atoms with Gasteiger partial charge in [0.1, 0.15) is 0 Å². The van der Waals surface area contributed by atoms with Gasteiger partial charge in [-0.15, -0.1) is 0 Å². The van der Waals surface area contributed by atoms with Crippen molar-refractivity contribution < 1.29 is 115 Å². The molecule has 0 aliphatic carbocycles. The van der Waals surface area contributed by atoms with E-state index in [1.807, 2.05) is 0 Å². The minimum absolute atomic E-state index is 0. The molecule has 0 aliphatic rings. The largest absolute Gasteiger partial charge is 1.00 e. The van der Waals surface area contributed by atoms with E-state index in [1.54, 1.807) is 0 Å². The molecule has 0 heterocycles. The fraction of sp³-hybridized carbons (Fsp3) is 1.00. The van der Waals surface area contributed by atoms with Gasteiger partial charge in [0.05, 0.1) is 33.0 Å². The molecule has 86 heavy (non-hydrogen) atoms. The van der Waals surface area contributed by atoms with Crippen molar-refractivity contribution in [2.45, 2.75) is 356 Å². The van der Waals surface area contributed by atoms with E-state index in [0.29, 0.717) is 32.1 Å². The van der Waals surface area contributed by atoms with E-state index in [0.717, 1.165) is 64.2 Å². The van der Waals surface area contributed by atoms with Crippen LogP contribution in [0.5, 0.6) is 0 Å². The van der Waals surface area contributed by atoms with Crippen LogP contribution in [0.25, 0.3) is 0 Å². The summed E-state index contributed by atoms with van der Waals surface area (Å²) in [6.45, 7) is 11.5. The fourth-order valence-corrected chi connectivity index (χ4v) is 10.4. The molecule has 4 N–H and O–H groups in total. The van der Waals surface area contributed by atoms with Gasteiger partial charge in [0.15, 0.2) is 0 Å². The first-order chi connectivity index (χ1) is 40.3. The summed E-state index contributed by atoms with van der Waals surface area (Å²) < 4.78 is 166. The Bertz CT molecular complexity index is 1570. The van der Waals surface area contributed by atoms with Crippen LogP contribution in [0.1, 0.15) is 356 Å². The first-order valence-corrected chi connectivity index (χ1v) is 40.2. The molecule has 0 fully saturated rings. The van der Waals surface area contributed by atoms with Gasteiger partial charge in [-0.25, -0.2) is 25.2 Å². The van der Waals surface area contributed by atoms with Gasteiger partial charge in [-0.05, 0) is 32.1 Å². The summed E-state index contributed by atoms with van der Waals surface area (Å²) in [4.78, 5) is 0. The second kappa shape index (κ2) is 74.4. The molecule has 0 saturated heterocycles. The van der Waals surface area contributed by atoms with Gasteiger partial charge in [-0.2, -0.15) is 33.7 Å². The zero-order valence-electron chi connectivity index (χ0n) is 55.3. The van der Waals surface area contributed by atoms with Crippen molar-refractivity contribution in [3.63, 3.8) is 0 Å². The summed E-state index contributed by atoms with van der Waals surface area (Å²) in [5, 5.41) is 0. The van der Waals surface area contributed by atoms with E-state index in [1.165, 1.54) is 225 Å². The molecule has 0 atom stereocenters. The topological polar surface area (TPSA) is 321 Å². The van der Waals surface area contributed by atoms with Gasteiger partial charge < -0.3 is 4.55 Å². The monoisotopic (exact) mass is 1350 g/mol. The Balaban J connectivity index is -0.000000232. The zero-order valence-corrected chi connectivity index (χ0v) is 61.3. The maximum atomic E-state index is 10.2. The van der Waals surface area contributed by atoms with Crippen molar-refractivity contribution in [3.8, 4) is 0 Å². The van der Waals surface area contributed by atoms with Crippen LogP contribution in [0.3, 0.4) is 0 Å².